The van der Waals surface area contributed by atoms with Crippen molar-refractivity contribution in [2.75, 3.05) is 6.54 Å². The van der Waals surface area contributed by atoms with E-state index in [1.165, 1.54) is 4.90 Å². The van der Waals surface area contributed by atoms with Gasteiger partial charge >= 0.3 is 24.0 Å². The zero-order valence-corrected chi connectivity index (χ0v) is 24.6. The van der Waals surface area contributed by atoms with Crippen molar-refractivity contribution in [3.63, 3.8) is 0 Å². The number of carboxylic acid groups (broad SMARTS) is 1. The topological polar surface area (TPSA) is 91.8 Å². The highest BCUT2D eigenvalue weighted by Gasteiger charge is 2.74. The predicted octanol–water partition coefficient (Wildman–Crippen LogP) is 6.47. The Hall–Kier alpha value is -3.23. The van der Waals surface area contributed by atoms with E-state index in [1.807, 2.05) is 0 Å². The lowest BCUT2D eigenvalue weighted by Crippen LogP contribution is -2.54. The third-order valence-corrected chi connectivity index (χ3v) is 12.3. The molecule has 3 aliphatic rings. The molecule has 1 heterocycles. The summed E-state index contributed by atoms with van der Waals surface area (Å²) in [7, 11) is -4.68. The van der Waals surface area contributed by atoms with Gasteiger partial charge in [0.2, 0.25) is 5.91 Å². The number of fused-ring (bicyclic) bond motifs is 3. The van der Waals surface area contributed by atoms with Gasteiger partial charge in [-0.3, -0.25) is 9.59 Å². The number of amides is 1. The quantitative estimate of drug-likeness (QED) is 0.370. The molecule has 2 aromatic carbocycles. The summed E-state index contributed by atoms with van der Waals surface area (Å²) in [5.74, 6) is -4.01. The first kappa shape index (κ1) is 33.1. The first-order valence-electron chi connectivity index (χ1n) is 14.3. The number of nitrogens with zero attached hydrogens (tertiary/aromatic N) is 1. The largest absolute Gasteiger partial charge is 0.481 e. The Morgan fingerprint density at radius 3 is 2.20 bits per heavy atom. The molecule has 2 fully saturated rings. The van der Waals surface area contributed by atoms with Crippen LogP contribution >= 0.6 is 0 Å². The average Bonchev–Trinajstić information content (AvgIpc) is 3.36. The number of carbonyl (C=O) groups is 2. The molecule has 0 spiro atoms. The molecule has 1 aliphatic heterocycles. The van der Waals surface area contributed by atoms with Crippen LogP contribution in [0.25, 0.3) is 0 Å². The highest BCUT2D eigenvalue weighted by molar-refractivity contribution is 7.92. The number of likely N-dealkylation sites (tertiary alicyclic amines) is 1. The van der Waals surface area contributed by atoms with Gasteiger partial charge in [0.25, 0.3) is 0 Å². The van der Waals surface area contributed by atoms with E-state index in [-0.39, 0.29) is 68.2 Å². The van der Waals surface area contributed by atoms with Crippen molar-refractivity contribution < 1.29 is 58.2 Å². The minimum Gasteiger partial charge on any atom is -0.481 e. The number of rotatable bonds is 5. The first-order chi connectivity index (χ1) is 20.8. The molecule has 0 radical (unpaired) electrons. The zero-order valence-electron chi connectivity index (χ0n) is 23.8. The van der Waals surface area contributed by atoms with E-state index in [1.54, 1.807) is 6.92 Å². The molecule has 1 saturated carbocycles. The van der Waals surface area contributed by atoms with Crippen LogP contribution < -0.4 is 0 Å². The van der Waals surface area contributed by atoms with Crippen molar-refractivity contribution in [1.82, 2.24) is 4.90 Å². The maximum atomic E-state index is 15.0. The molecule has 0 aromatic heterocycles. The normalized spacial score (nSPS) is 27.5. The van der Waals surface area contributed by atoms with E-state index in [0.717, 1.165) is 30.3 Å². The second-order valence-corrected chi connectivity index (χ2v) is 14.4. The number of carboxylic acids is 1. The van der Waals surface area contributed by atoms with Crippen LogP contribution in [0.1, 0.15) is 55.7 Å². The lowest BCUT2D eigenvalue weighted by Gasteiger charge is -2.44. The van der Waals surface area contributed by atoms with E-state index in [9.17, 15) is 58.2 Å². The second-order valence-electron chi connectivity index (χ2n) is 12.1. The molecule has 1 N–H and O–H groups in total. The Morgan fingerprint density at radius 2 is 1.62 bits per heavy atom. The van der Waals surface area contributed by atoms with Crippen molar-refractivity contribution >= 4 is 21.7 Å². The van der Waals surface area contributed by atoms with Gasteiger partial charge in [0, 0.05) is 18.0 Å². The van der Waals surface area contributed by atoms with Crippen LogP contribution in [0.5, 0.6) is 0 Å². The van der Waals surface area contributed by atoms with Crippen LogP contribution in [-0.2, 0) is 36.3 Å². The van der Waals surface area contributed by atoms with Gasteiger partial charge in [-0.15, -0.1) is 0 Å². The fraction of sp³-hybridized carbons (Fsp3) is 0.533. The average molecular weight is 668 g/mol. The molecule has 246 valence electrons. The number of alkyl halides is 7. The highest BCUT2D eigenvalue weighted by atomic mass is 32.2. The molecular formula is C30H29F8NO5S. The molecule has 0 unspecified atom stereocenters. The van der Waals surface area contributed by atoms with Gasteiger partial charge in [-0.1, -0.05) is 31.2 Å². The Kier molecular flexibility index (Phi) is 8.06. The molecule has 45 heavy (non-hydrogen) atoms. The van der Waals surface area contributed by atoms with E-state index in [4.69, 9.17) is 0 Å². The van der Waals surface area contributed by atoms with E-state index in [2.05, 4.69) is 0 Å². The number of halogens is 8. The third kappa shape index (κ3) is 4.99. The number of sulfone groups is 1. The molecule has 2 aliphatic carbocycles. The lowest BCUT2D eigenvalue weighted by molar-refractivity contribution is -0.348. The Balaban J connectivity index is 1.63. The summed E-state index contributed by atoms with van der Waals surface area (Å²) >= 11 is 0. The van der Waals surface area contributed by atoms with E-state index >= 15 is 0 Å². The predicted molar refractivity (Wildman–Crippen MR) is 143 cm³/mol. The molecule has 5 rings (SSSR count). The fourth-order valence-corrected chi connectivity index (χ4v) is 9.96. The molecule has 6 nitrogen and oxygen atoms in total. The van der Waals surface area contributed by atoms with Crippen LogP contribution in [0.4, 0.5) is 35.1 Å². The number of aryl methyl sites for hydroxylation is 1. The summed E-state index contributed by atoms with van der Waals surface area (Å²) in [6, 6.07) is 4.22. The van der Waals surface area contributed by atoms with Gasteiger partial charge in [-0.05, 0) is 73.8 Å². The van der Waals surface area contributed by atoms with Crippen molar-refractivity contribution in [2.45, 2.75) is 79.2 Å². The molecule has 15 heteroatoms. The van der Waals surface area contributed by atoms with Crippen LogP contribution in [0.3, 0.4) is 0 Å². The fourth-order valence-electron chi connectivity index (χ4n) is 7.56. The zero-order chi connectivity index (χ0) is 33.3. The maximum absolute atomic E-state index is 15.0. The summed E-state index contributed by atoms with van der Waals surface area (Å²) in [5, 5.41) is 9.47. The molecule has 1 amide bonds. The smallest absolute Gasteiger partial charge is 0.435 e. The van der Waals surface area contributed by atoms with Gasteiger partial charge < -0.3 is 10.0 Å². The molecular weight excluding hydrogens is 638 g/mol. The van der Waals surface area contributed by atoms with Gasteiger partial charge in [0.05, 0.1) is 16.9 Å². The van der Waals surface area contributed by atoms with Crippen LogP contribution in [-0.4, -0.2) is 55.2 Å². The summed E-state index contributed by atoms with van der Waals surface area (Å²) in [6.45, 7) is 1.55. The standard InChI is InChI=1S/C30H29F8NO5S/c1-16-13-18(5-8-22(16)26(41)42)25(40)39-12-11-27(45(43,44)21-4-2-3-20(31)15-21)23-9-7-19(14-17(23)6-10-24(27)39)28(32,29(33,34)35)30(36,37)38/h2-4,7,9,14-16,18,22,24H,5-6,8,10-13H2,1H3,(H,41,42)/t16-,18-,22+,24+,27+/m0/s1. The monoisotopic (exact) mass is 667 g/mol. The van der Waals surface area contributed by atoms with E-state index < -0.39 is 78.6 Å². The summed E-state index contributed by atoms with van der Waals surface area (Å²) in [4.78, 5) is 26.3. The minimum atomic E-state index is -6.38. The van der Waals surface area contributed by atoms with Crippen LogP contribution in [0, 0.1) is 23.6 Å². The van der Waals surface area contributed by atoms with Crippen molar-refractivity contribution in [1.29, 1.82) is 0 Å². The van der Waals surface area contributed by atoms with E-state index in [0.29, 0.717) is 6.07 Å². The third-order valence-electron chi connectivity index (χ3n) is 9.77. The number of aliphatic carboxylic acids is 1. The van der Waals surface area contributed by atoms with Gasteiger partial charge in [-0.25, -0.2) is 17.2 Å². The SMILES string of the molecule is C[C@H]1C[C@@H](C(=O)N2CC[C@@]3(S(=O)(=O)c4cccc(F)c4)c4ccc(C(F)(C(F)(F)F)C(F)(F)F)cc4CC[C@@H]23)CC[C@H]1C(=O)O. The number of benzene rings is 2. The Bertz CT molecular complexity index is 1610. The Morgan fingerprint density at radius 1 is 0.956 bits per heavy atom. The van der Waals surface area contributed by atoms with Gasteiger partial charge in [-0.2, -0.15) is 26.3 Å². The maximum Gasteiger partial charge on any atom is 0.435 e. The van der Waals surface area contributed by atoms with Gasteiger partial charge in [0.1, 0.15) is 10.6 Å². The van der Waals surface area contributed by atoms with Crippen LogP contribution in [0.15, 0.2) is 47.4 Å². The molecule has 0 bridgehead atoms. The number of hydrogen-bond acceptors (Lipinski definition) is 4. The van der Waals surface area contributed by atoms with Crippen molar-refractivity contribution in [3.05, 3.63) is 65.0 Å². The Labute approximate surface area is 253 Å². The number of hydrogen-bond donors (Lipinski definition) is 1. The summed E-state index contributed by atoms with van der Waals surface area (Å²) in [6.07, 6.45) is -12.9. The van der Waals surface area contributed by atoms with Crippen LogP contribution in [0.2, 0.25) is 0 Å². The van der Waals surface area contributed by atoms with Crippen molar-refractivity contribution in [3.8, 4) is 0 Å². The first-order valence-corrected chi connectivity index (χ1v) is 15.8. The molecule has 2 aromatic rings. The second kappa shape index (κ2) is 10.9. The highest BCUT2D eigenvalue weighted by Crippen LogP contribution is 2.57. The lowest BCUT2D eigenvalue weighted by atomic mass is 9.74. The summed E-state index contributed by atoms with van der Waals surface area (Å²) in [5.41, 5.74) is -7.93. The molecule has 1 saturated heterocycles. The number of carbonyl (C=O) groups excluding carboxylic acids is 1. The summed E-state index contributed by atoms with van der Waals surface area (Å²) < 4.78 is 137. The van der Waals surface area contributed by atoms with Crippen molar-refractivity contribution in [2.24, 2.45) is 17.8 Å². The minimum absolute atomic E-state index is 0.148. The van der Waals surface area contributed by atoms with Gasteiger partial charge in [0.15, 0.2) is 9.84 Å². The molecule has 5 atom stereocenters.